The van der Waals surface area contributed by atoms with E-state index in [0.29, 0.717) is 11.8 Å². The van der Waals surface area contributed by atoms with Gasteiger partial charge in [-0.05, 0) is 36.6 Å². The maximum atomic E-state index is 4.72. The summed E-state index contributed by atoms with van der Waals surface area (Å²) in [5.74, 6) is 2.35. The summed E-state index contributed by atoms with van der Waals surface area (Å²) >= 11 is 0. The Hall–Kier alpha value is -1.35. The van der Waals surface area contributed by atoms with Crippen LogP contribution in [0.4, 0.5) is 0 Å². The van der Waals surface area contributed by atoms with Crippen LogP contribution in [0.25, 0.3) is 11.0 Å². The molecule has 0 aliphatic carbocycles. The van der Waals surface area contributed by atoms with E-state index in [9.17, 15) is 0 Å². The van der Waals surface area contributed by atoms with Crippen molar-refractivity contribution in [2.75, 3.05) is 13.1 Å². The predicted molar refractivity (Wildman–Crippen MR) is 70.2 cm³/mol. The molecule has 2 aromatic rings. The van der Waals surface area contributed by atoms with Gasteiger partial charge in [-0.25, -0.2) is 4.98 Å². The SMILES string of the molecule is CCc1ccc2nc(C3CNCC3C)[nH]c2c1. The van der Waals surface area contributed by atoms with Crippen LogP contribution in [0.2, 0.25) is 0 Å². The van der Waals surface area contributed by atoms with Crippen molar-refractivity contribution in [3.63, 3.8) is 0 Å². The van der Waals surface area contributed by atoms with Crippen molar-refractivity contribution in [3.05, 3.63) is 29.6 Å². The molecule has 3 nitrogen and oxygen atoms in total. The lowest BCUT2D eigenvalue weighted by Gasteiger charge is -2.09. The van der Waals surface area contributed by atoms with E-state index in [4.69, 9.17) is 4.98 Å². The van der Waals surface area contributed by atoms with Crippen molar-refractivity contribution in [1.29, 1.82) is 0 Å². The quantitative estimate of drug-likeness (QED) is 0.830. The fraction of sp³-hybridized carbons (Fsp3) is 0.500. The molecule has 90 valence electrons. The molecule has 0 radical (unpaired) electrons. The normalized spacial score (nSPS) is 24.6. The molecule has 2 atom stereocenters. The van der Waals surface area contributed by atoms with Gasteiger partial charge in [0.2, 0.25) is 0 Å². The standard InChI is InChI=1S/C14H19N3/c1-3-10-4-5-12-13(6-10)17-14(16-12)11-8-15-7-9(11)2/h4-6,9,11,15H,3,7-8H2,1-2H3,(H,16,17). The molecular formula is C14H19N3. The van der Waals surface area contributed by atoms with Gasteiger partial charge >= 0.3 is 0 Å². The summed E-state index contributed by atoms with van der Waals surface area (Å²) in [4.78, 5) is 8.22. The monoisotopic (exact) mass is 229 g/mol. The van der Waals surface area contributed by atoms with Gasteiger partial charge in [0.1, 0.15) is 5.82 Å². The summed E-state index contributed by atoms with van der Waals surface area (Å²) < 4.78 is 0. The number of nitrogens with one attached hydrogen (secondary N) is 2. The van der Waals surface area contributed by atoms with E-state index >= 15 is 0 Å². The van der Waals surface area contributed by atoms with Gasteiger partial charge in [0.25, 0.3) is 0 Å². The summed E-state index contributed by atoms with van der Waals surface area (Å²) in [6.45, 7) is 6.61. The van der Waals surface area contributed by atoms with Crippen LogP contribution >= 0.6 is 0 Å². The highest BCUT2D eigenvalue weighted by Crippen LogP contribution is 2.27. The van der Waals surface area contributed by atoms with Gasteiger partial charge in [0.15, 0.2) is 0 Å². The molecule has 1 fully saturated rings. The second-order valence-electron chi connectivity index (χ2n) is 5.07. The molecule has 2 N–H and O–H groups in total. The van der Waals surface area contributed by atoms with Crippen molar-refractivity contribution in [2.45, 2.75) is 26.2 Å². The first-order chi connectivity index (χ1) is 8.28. The highest BCUT2D eigenvalue weighted by Gasteiger charge is 2.27. The number of aromatic nitrogens is 2. The number of benzene rings is 1. The average Bonchev–Trinajstić information content (AvgIpc) is 2.93. The zero-order chi connectivity index (χ0) is 11.8. The van der Waals surface area contributed by atoms with Crippen LogP contribution in [0.5, 0.6) is 0 Å². The zero-order valence-electron chi connectivity index (χ0n) is 10.5. The third-order valence-electron chi connectivity index (χ3n) is 3.84. The molecule has 0 bridgehead atoms. The van der Waals surface area contributed by atoms with Crippen LogP contribution in [0, 0.1) is 5.92 Å². The molecule has 1 aliphatic heterocycles. The van der Waals surface area contributed by atoms with Gasteiger partial charge in [-0.2, -0.15) is 0 Å². The van der Waals surface area contributed by atoms with Crippen molar-refractivity contribution >= 4 is 11.0 Å². The minimum Gasteiger partial charge on any atom is -0.342 e. The van der Waals surface area contributed by atoms with Crippen LogP contribution in [0.3, 0.4) is 0 Å². The Kier molecular flexibility index (Phi) is 2.63. The van der Waals surface area contributed by atoms with Crippen LogP contribution in [-0.4, -0.2) is 23.1 Å². The third-order valence-corrected chi connectivity index (χ3v) is 3.84. The maximum Gasteiger partial charge on any atom is 0.111 e. The lowest BCUT2D eigenvalue weighted by atomic mass is 9.98. The first-order valence-corrected chi connectivity index (χ1v) is 6.47. The van der Waals surface area contributed by atoms with E-state index in [1.165, 1.54) is 11.1 Å². The van der Waals surface area contributed by atoms with Gasteiger partial charge in [-0.1, -0.05) is 19.9 Å². The minimum absolute atomic E-state index is 0.535. The number of hydrogen-bond donors (Lipinski definition) is 2. The van der Waals surface area contributed by atoms with Crippen LogP contribution in [-0.2, 0) is 6.42 Å². The van der Waals surface area contributed by atoms with Gasteiger partial charge < -0.3 is 10.3 Å². The van der Waals surface area contributed by atoms with Crippen LogP contribution in [0.15, 0.2) is 18.2 Å². The van der Waals surface area contributed by atoms with Crippen molar-refractivity contribution in [3.8, 4) is 0 Å². The summed E-state index contributed by atoms with van der Waals surface area (Å²) in [5.41, 5.74) is 3.64. The second-order valence-corrected chi connectivity index (χ2v) is 5.07. The lowest BCUT2D eigenvalue weighted by molar-refractivity contribution is 0.551. The molecule has 1 aliphatic rings. The summed E-state index contributed by atoms with van der Waals surface area (Å²) in [7, 11) is 0. The van der Waals surface area contributed by atoms with Crippen molar-refractivity contribution in [2.24, 2.45) is 5.92 Å². The smallest absolute Gasteiger partial charge is 0.111 e. The number of rotatable bonds is 2. The first kappa shape index (κ1) is 10.8. The Morgan fingerprint density at radius 2 is 2.24 bits per heavy atom. The Bertz CT molecular complexity index is 529. The molecule has 1 aromatic carbocycles. The Morgan fingerprint density at radius 1 is 1.35 bits per heavy atom. The van der Waals surface area contributed by atoms with Crippen LogP contribution < -0.4 is 5.32 Å². The van der Waals surface area contributed by atoms with E-state index in [1.54, 1.807) is 0 Å². The number of fused-ring (bicyclic) bond motifs is 1. The molecule has 1 saturated heterocycles. The molecule has 0 saturated carbocycles. The zero-order valence-corrected chi connectivity index (χ0v) is 10.5. The molecule has 17 heavy (non-hydrogen) atoms. The van der Waals surface area contributed by atoms with E-state index in [-0.39, 0.29) is 0 Å². The second kappa shape index (κ2) is 4.15. The summed E-state index contributed by atoms with van der Waals surface area (Å²) in [6, 6.07) is 6.52. The molecule has 2 unspecified atom stereocenters. The number of H-pyrrole nitrogens is 1. The number of aromatic amines is 1. The highest BCUT2D eigenvalue weighted by molar-refractivity contribution is 5.76. The molecule has 1 aromatic heterocycles. The van der Waals surface area contributed by atoms with Crippen molar-refractivity contribution < 1.29 is 0 Å². The maximum absolute atomic E-state index is 4.72. The van der Waals surface area contributed by atoms with Gasteiger partial charge in [0.05, 0.1) is 11.0 Å². The number of nitrogens with zero attached hydrogens (tertiary/aromatic N) is 1. The molecule has 3 heteroatoms. The fourth-order valence-electron chi connectivity index (χ4n) is 2.65. The highest BCUT2D eigenvalue weighted by atomic mass is 15.0. The van der Waals surface area contributed by atoms with Gasteiger partial charge in [-0.3, -0.25) is 0 Å². The largest absolute Gasteiger partial charge is 0.342 e. The Morgan fingerprint density at radius 3 is 2.94 bits per heavy atom. The number of aryl methyl sites for hydroxylation is 1. The summed E-state index contributed by atoms with van der Waals surface area (Å²) in [5, 5.41) is 3.43. The van der Waals surface area contributed by atoms with E-state index < -0.39 is 0 Å². The topological polar surface area (TPSA) is 40.7 Å². The summed E-state index contributed by atoms with van der Waals surface area (Å²) in [6.07, 6.45) is 1.08. The van der Waals surface area contributed by atoms with E-state index in [0.717, 1.165) is 30.9 Å². The van der Waals surface area contributed by atoms with Crippen molar-refractivity contribution in [1.82, 2.24) is 15.3 Å². The third kappa shape index (κ3) is 1.84. The van der Waals surface area contributed by atoms with Gasteiger partial charge in [-0.15, -0.1) is 0 Å². The number of hydrogen-bond acceptors (Lipinski definition) is 2. The first-order valence-electron chi connectivity index (χ1n) is 6.47. The molecular weight excluding hydrogens is 210 g/mol. The van der Waals surface area contributed by atoms with E-state index in [1.807, 2.05) is 0 Å². The molecule has 0 spiro atoms. The van der Waals surface area contributed by atoms with Crippen LogP contribution in [0.1, 0.15) is 31.2 Å². The molecule has 0 amide bonds. The predicted octanol–water partition coefficient (Wildman–Crippen LogP) is 2.45. The minimum atomic E-state index is 0.535. The van der Waals surface area contributed by atoms with Gasteiger partial charge in [0, 0.05) is 12.5 Å². The van der Waals surface area contributed by atoms with E-state index in [2.05, 4.69) is 42.3 Å². The number of imidazole rings is 1. The molecule has 3 rings (SSSR count). The average molecular weight is 229 g/mol. The Balaban J connectivity index is 2.01. The molecule has 2 heterocycles. The fourth-order valence-corrected chi connectivity index (χ4v) is 2.65. The lowest BCUT2D eigenvalue weighted by Crippen LogP contribution is -2.09. The Labute approximate surface area is 102 Å².